The van der Waals surface area contributed by atoms with Gasteiger partial charge in [0.1, 0.15) is 31.0 Å². The summed E-state index contributed by atoms with van der Waals surface area (Å²) in [6, 6.07) is -1.87. The molecule has 1 fully saturated rings. The molecular formula is C16H23ClFN5O6. The molecule has 29 heavy (non-hydrogen) atoms. The highest BCUT2D eigenvalue weighted by Gasteiger charge is 2.53. The topological polar surface area (TPSA) is 175 Å². The van der Waals surface area contributed by atoms with Gasteiger partial charge in [0.25, 0.3) is 0 Å². The first-order valence-corrected chi connectivity index (χ1v) is 9.20. The van der Waals surface area contributed by atoms with Crippen LogP contribution in [-0.2, 0) is 23.8 Å². The average molecular weight is 436 g/mol. The molecule has 0 aromatic carbocycles. The van der Waals surface area contributed by atoms with Crippen molar-refractivity contribution in [1.82, 2.24) is 9.55 Å². The fraction of sp³-hybridized carbons (Fsp3) is 0.625. The van der Waals surface area contributed by atoms with Gasteiger partial charge in [-0.3, -0.25) is 14.2 Å². The minimum Gasteiger partial charge on any atom is -0.461 e. The van der Waals surface area contributed by atoms with Gasteiger partial charge in [-0.25, -0.2) is 9.18 Å². The van der Waals surface area contributed by atoms with Crippen LogP contribution in [-0.4, -0.2) is 57.8 Å². The molecule has 0 spiro atoms. The number of esters is 2. The fourth-order valence-corrected chi connectivity index (χ4v) is 2.95. The molecule has 1 aliphatic heterocycles. The predicted octanol–water partition coefficient (Wildman–Crippen LogP) is -0.989. The summed E-state index contributed by atoms with van der Waals surface area (Å²) in [5.74, 6) is -3.30. The largest absolute Gasteiger partial charge is 0.461 e. The summed E-state index contributed by atoms with van der Waals surface area (Å²) in [5.41, 5.74) is 13.9. The number of alkyl halides is 1. The Bertz CT molecular complexity index is 835. The molecule has 162 valence electrons. The maximum atomic E-state index is 13.8. The third kappa shape index (κ3) is 5.01. The zero-order valence-corrected chi connectivity index (χ0v) is 16.6. The average Bonchev–Trinajstić information content (AvgIpc) is 3.01. The second-order valence-corrected chi connectivity index (χ2v) is 7.05. The van der Waals surface area contributed by atoms with Crippen LogP contribution in [0.1, 0.15) is 26.5 Å². The lowest BCUT2D eigenvalue weighted by Crippen LogP contribution is -2.50. The van der Waals surface area contributed by atoms with Crippen molar-refractivity contribution < 1.29 is 28.2 Å². The van der Waals surface area contributed by atoms with Crippen LogP contribution in [0, 0.1) is 5.82 Å². The lowest BCUT2D eigenvalue weighted by atomic mass is 9.99. The van der Waals surface area contributed by atoms with E-state index in [1.54, 1.807) is 0 Å². The Balaban J connectivity index is 2.37. The molecule has 0 unspecified atom stereocenters. The molecule has 5 atom stereocenters. The zero-order chi connectivity index (χ0) is 21.9. The minimum atomic E-state index is -1.53. The lowest BCUT2D eigenvalue weighted by molar-refractivity contribution is -0.174. The highest BCUT2D eigenvalue weighted by Crippen LogP contribution is 2.39. The number of anilines is 1. The van der Waals surface area contributed by atoms with Gasteiger partial charge in [0.15, 0.2) is 17.2 Å². The molecule has 0 radical (unpaired) electrons. The van der Waals surface area contributed by atoms with Crippen LogP contribution in [0.3, 0.4) is 0 Å². The quantitative estimate of drug-likeness (QED) is 0.356. The predicted molar refractivity (Wildman–Crippen MR) is 99.2 cm³/mol. The highest BCUT2D eigenvalue weighted by molar-refractivity contribution is 6.18. The molecule has 1 aliphatic rings. The molecule has 2 heterocycles. The molecule has 0 amide bonds. The van der Waals surface area contributed by atoms with Crippen LogP contribution in [0.5, 0.6) is 0 Å². The molecule has 1 saturated heterocycles. The smallest absolute Gasteiger partial charge is 0.351 e. The van der Waals surface area contributed by atoms with Gasteiger partial charge in [-0.2, -0.15) is 4.98 Å². The number of rotatable bonds is 7. The number of aromatic nitrogens is 2. The number of ether oxygens (including phenoxy) is 3. The van der Waals surface area contributed by atoms with Gasteiger partial charge in [-0.1, -0.05) is 0 Å². The zero-order valence-electron chi connectivity index (χ0n) is 15.8. The van der Waals surface area contributed by atoms with Crippen molar-refractivity contribution in [3.63, 3.8) is 0 Å². The molecule has 1 aromatic rings. The van der Waals surface area contributed by atoms with Gasteiger partial charge in [-0.05, 0) is 13.8 Å². The number of hydrogen-bond acceptors (Lipinski definition) is 10. The normalized spacial score (nSPS) is 26.0. The number of nitrogens with zero attached hydrogens (tertiary/aromatic N) is 2. The molecule has 0 aliphatic carbocycles. The standard InChI is InChI=1S/C16H23ClFN5O6/c1-7(19)13(24)27-6-16(5-17)10(28-14(25)8(2)20)3-11(29-16)23-4-9(18)12(21)22-15(23)26/h4,7-8,10-11H,3,5-6,19-20H2,1-2H3,(H2,21,22,26)/t7-,8+,10-,11+,16+/m0/s1. The molecule has 13 heteroatoms. The molecule has 1 aromatic heterocycles. The Labute approximate surface area is 170 Å². The Kier molecular flexibility index (Phi) is 7.16. The van der Waals surface area contributed by atoms with Crippen molar-refractivity contribution in [2.24, 2.45) is 11.5 Å². The molecule has 0 saturated carbocycles. The number of carbonyl (C=O) groups is 2. The van der Waals surface area contributed by atoms with Crippen LogP contribution in [0.15, 0.2) is 11.0 Å². The molecule has 2 rings (SSSR count). The number of nitrogens with two attached hydrogens (primary N) is 3. The summed E-state index contributed by atoms with van der Waals surface area (Å²) >= 11 is 6.07. The second kappa shape index (κ2) is 9.03. The van der Waals surface area contributed by atoms with E-state index in [0.29, 0.717) is 0 Å². The van der Waals surface area contributed by atoms with E-state index >= 15 is 0 Å². The summed E-state index contributed by atoms with van der Waals surface area (Å²) in [4.78, 5) is 39.3. The molecular weight excluding hydrogens is 413 g/mol. The first kappa shape index (κ1) is 23.0. The number of hydrogen-bond donors (Lipinski definition) is 3. The van der Waals surface area contributed by atoms with E-state index in [4.69, 9.17) is 43.0 Å². The monoisotopic (exact) mass is 435 g/mol. The van der Waals surface area contributed by atoms with E-state index in [1.165, 1.54) is 13.8 Å². The summed E-state index contributed by atoms with van der Waals surface area (Å²) in [7, 11) is 0. The van der Waals surface area contributed by atoms with Crippen LogP contribution in [0.4, 0.5) is 10.2 Å². The first-order chi connectivity index (χ1) is 13.5. The highest BCUT2D eigenvalue weighted by atomic mass is 35.5. The van der Waals surface area contributed by atoms with Gasteiger partial charge in [-0.15, -0.1) is 11.6 Å². The van der Waals surface area contributed by atoms with Crippen LogP contribution < -0.4 is 22.9 Å². The van der Waals surface area contributed by atoms with E-state index in [1.807, 2.05) is 0 Å². The van der Waals surface area contributed by atoms with E-state index in [-0.39, 0.29) is 12.3 Å². The summed E-state index contributed by atoms with van der Waals surface area (Å²) < 4.78 is 31.0. The summed E-state index contributed by atoms with van der Waals surface area (Å²) in [6.45, 7) is 2.41. The van der Waals surface area contributed by atoms with Crippen LogP contribution in [0.25, 0.3) is 0 Å². The van der Waals surface area contributed by atoms with Crippen molar-refractivity contribution in [3.05, 3.63) is 22.5 Å². The maximum absolute atomic E-state index is 13.8. The second-order valence-electron chi connectivity index (χ2n) is 6.78. The first-order valence-electron chi connectivity index (χ1n) is 8.67. The van der Waals surface area contributed by atoms with Crippen LogP contribution in [0.2, 0.25) is 0 Å². The van der Waals surface area contributed by atoms with E-state index in [9.17, 15) is 18.8 Å². The molecule has 11 nitrogen and oxygen atoms in total. The van der Waals surface area contributed by atoms with Gasteiger partial charge in [0, 0.05) is 6.42 Å². The van der Waals surface area contributed by atoms with Crippen molar-refractivity contribution in [2.45, 2.75) is 50.3 Å². The Morgan fingerprint density at radius 3 is 2.59 bits per heavy atom. The van der Waals surface area contributed by atoms with E-state index in [0.717, 1.165) is 10.8 Å². The van der Waals surface area contributed by atoms with Crippen molar-refractivity contribution in [2.75, 3.05) is 18.2 Å². The maximum Gasteiger partial charge on any atom is 0.351 e. The summed E-state index contributed by atoms with van der Waals surface area (Å²) in [6.07, 6.45) is -1.47. The van der Waals surface area contributed by atoms with Gasteiger partial charge in [0.05, 0.1) is 12.1 Å². The third-order valence-electron chi connectivity index (χ3n) is 4.30. The lowest BCUT2D eigenvalue weighted by Gasteiger charge is -2.32. The molecule has 6 N–H and O–H groups in total. The van der Waals surface area contributed by atoms with Crippen molar-refractivity contribution in [3.8, 4) is 0 Å². The van der Waals surface area contributed by atoms with Gasteiger partial charge < -0.3 is 31.4 Å². The Morgan fingerprint density at radius 1 is 1.41 bits per heavy atom. The fourth-order valence-electron chi connectivity index (χ4n) is 2.64. The minimum absolute atomic E-state index is 0.105. The van der Waals surface area contributed by atoms with Crippen molar-refractivity contribution >= 4 is 29.4 Å². The van der Waals surface area contributed by atoms with Crippen LogP contribution >= 0.6 is 11.6 Å². The molecule has 0 bridgehead atoms. The van der Waals surface area contributed by atoms with E-state index < -0.39 is 65.9 Å². The third-order valence-corrected chi connectivity index (χ3v) is 4.76. The van der Waals surface area contributed by atoms with E-state index in [2.05, 4.69) is 4.98 Å². The number of halogens is 2. The summed E-state index contributed by atoms with van der Waals surface area (Å²) in [5, 5.41) is 0. The van der Waals surface area contributed by atoms with Gasteiger partial charge in [0.2, 0.25) is 0 Å². The number of carbonyl (C=O) groups excluding carboxylic acids is 2. The SMILES string of the molecule is C[C@H](N)C(=O)OC[C@@]1(CCl)O[C@@H](n2cc(F)c(N)nc2=O)C[C@@H]1OC(=O)[C@@H](C)N. The van der Waals surface area contributed by atoms with Crippen molar-refractivity contribution in [1.29, 1.82) is 0 Å². The Hall–Kier alpha value is -2.28. The Morgan fingerprint density at radius 2 is 2.03 bits per heavy atom. The van der Waals surface area contributed by atoms with Gasteiger partial charge >= 0.3 is 17.6 Å². The number of nitrogen functional groups attached to an aromatic ring is 1.